The van der Waals surface area contributed by atoms with Crippen LogP contribution in [-0.4, -0.2) is 24.6 Å². The van der Waals surface area contributed by atoms with E-state index < -0.39 is 12.1 Å². The van der Waals surface area contributed by atoms with Crippen LogP contribution in [0.3, 0.4) is 0 Å². The fraction of sp³-hybridized carbons (Fsp3) is 0.300. The summed E-state index contributed by atoms with van der Waals surface area (Å²) in [4.78, 5) is 24.3. The molecule has 6 heteroatoms. The van der Waals surface area contributed by atoms with Gasteiger partial charge >= 0.3 is 5.97 Å². The van der Waals surface area contributed by atoms with Gasteiger partial charge in [-0.15, -0.1) is 0 Å². The molecule has 2 aromatic rings. The first-order chi connectivity index (χ1) is 12.5. The summed E-state index contributed by atoms with van der Waals surface area (Å²) in [5.41, 5.74) is 1.68. The zero-order valence-corrected chi connectivity index (χ0v) is 15.8. The highest BCUT2D eigenvalue weighted by molar-refractivity contribution is 6.33. The van der Waals surface area contributed by atoms with Crippen molar-refractivity contribution in [2.75, 3.05) is 11.9 Å². The molecule has 1 N–H and O–H groups in total. The van der Waals surface area contributed by atoms with Gasteiger partial charge in [-0.2, -0.15) is 0 Å². The molecule has 0 spiro atoms. The molecular formula is C20H22ClNO4. The molecule has 1 amide bonds. The average molecular weight is 376 g/mol. The SMILES string of the molecule is CCOC(=O)c1cc(NC(=O)[C@@H](C)Oc2ccccc2CC)ccc1Cl. The van der Waals surface area contributed by atoms with Crippen LogP contribution in [0.1, 0.15) is 36.7 Å². The van der Waals surface area contributed by atoms with Gasteiger partial charge < -0.3 is 14.8 Å². The van der Waals surface area contributed by atoms with Crippen molar-refractivity contribution in [2.45, 2.75) is 33.3 Å². The quantitative estimate of drug-likeness (QED) is 0.724. The van der Waals surface area contributed by atoms with Gasteiger partial charge in [-0.25, -0.2) is 4.79 Å². The van der Waals surface area contributed by atoms with Crippen LogP contribution in [0.25, 0.3) is 0 Å². The Labute approximate surface area is 158 Å². The van der Waals surface area contributed by atoms with Gasteiger partial charge in [0, 0.05) is 5.69 Å². The Morgan fingerprint density at radius 1 is 1.15 bits per heavy atom. The van der Waals surface area contributed by atoms with Crippen molar-refractivity contribution in [1.29, 1.82) is 0 Å². The van der Waals surface area contributed by atoms with Gasteiger partial charge in [0.15, 0.2) is 6.10 Å². The van der Waals surface area contributed by atoms with E-state index in [1.54, 1.807) is 26.0 Å². The number of ether oxygens (including phenoxy) is 2. The highest BCUT2D eigenvalue weighted by atomic mass is 35.5. The van der Waals surface area contributed by atoms with Crippen molar-refractivity contribution < 1.29 is 19.1 Å². The van der Waals surface area contributed by atoms with Crippen molar-refractivity contribution >= 4 is 29.2 Å². The van der Waals surface area contributed by atoms with E-state index in [0.29, 0.717) is 11.4 Å². The fourth-order valence-corrected chi connectivity index (χ4v) is 2.56. The third-order valence-electron chi connectivity index (χ3n) is 3.76. The monoisotopic (exact) mass is 375 g/mol. The lowest BCUT2D eigenvalue weighted by Gasteiger charge is -2.17. The third kappa shape index (κ3) is 4.99. The summed E-state index contributed by atoms with van der Waals surface area (Å²) in [5, 5.41) is 3.00. The van der Waals surface area contributed by atoms with Crippen LogP contribution in [0.15, 0.2) is 42.5 Å². The fourth-order valence-electron chi connectivity index (χ4n) is 2.37. The largest absolute Gasteiger partial charge is 0.481 e. The summed E-state index contributed by atoms with van der Waals surface area (Å²) in [6.07, 6.45) is 0.106. The number of anilines is 1. The minimum atomic E-state index is -0.704. The Balaban J connectivity index is 2.09. The zero-order chi connectivity index (χ0) is 19.1. The molecule has 2 rings (SSSR count). The van der Waals surface area contributed by atoms with Gasteiger partial charge in [-0.1, -0.05) is 36.7 Å². The van der Waals surface area contributed by atoms with E-state index in [4.69, 9.17) is 21.1 Å². The smallest absolute Gasteiger partial charge is 0.339 e. The number of halogens is 1. The Bertz CT molecular complexity index is 791. The van der Waals surface area contributed by atoms with E-state index in [-0.39, 0.29) is 23.1 Å². The molecule has 26 heavy (non-hydrogen) atoms. The van der Waals surface area contributed by atoms with Crippen LogP contribution in [-0.2, 0) is 16.0 Å². The summed E-state index contributed by atoms with van der Waals surface area (Å²) in [6, 6.07) is 12.3. The number of carbonyl (C=O) groups is 2. The lowest BCUT2D eigenvalue weighted by molar-refractivity contribution is -0.122. The molecule has 138 valence electrons. The minimum absolute atomic E-state index is 0.205. The van der Waals surface area contributed by atoms with Crippen molar-refractivity contribution in [2.24, 2.45) is 0 Å². The molecule has 0 heterocycles. The summed E-state index contributed by atoms with van der Waals surface area (Å²) < 4.78 is 10.7. The molecule has 0 fully saturated rings. The van der Waals surface area contributed by atoms with Crippen LogP contribution in [0.2, 0.25) is 5.02 Å². The second-order valence-corrected chi connectivity index (χ2v) is 6.03. The number of aryl methyl sites for hydroxylation is 1. The lowest BCUT2D eigenvalue weighted by atomic mass is 10.1. The average Bonchev–Trinajstić information content (AvgIpc) is 2.63. The van der Waals surface area contributed by atoms with Gasteiger partial charge in [0.2, 0.25) is 0 Å². The summed E-state index contributed by atoms with van der Waals surface area (Å²) in [5.74, 6) is -0.177. The maximum Gasteiger partial charge on any atom is 0.339 e. The van der Waals surface area contributed by atoms with Crippen LogP contribution < -0.4 is 10.1 Å². The van der Waals surface area contributed by atoms with Crippen LogP contribution in [0.4, 0.5) is 5.69 Å². The van der Waals surface area contributed by atoms with E-state index in [0.717, 1.165) is 12.0 Å². The summed E-state index contributed by atoms with van der Waals surface area (Å²) in [6.45, 7) is 5.65. The van der Waals surface area contributed by atoms with E-state index >= 15 is 0 Å². The minimum Gasteiger partial charge on any atom is -0.481 e. The summed E-state index contributed by atoms with van der Waals surface area (Å²) >= 11 is 6.03. The maximum atomic E-state index is 12.4. The molecule has 0 aliphatic carbocycles. The van der Waals surface area contributed by atoms with Gasteiger partial charge in [-0.3, -0.25) is 4.79 Å². The van der Waals surface area contributed by atoms with Gasteiger partial charge in [0.05, 0.1) is 17.2 Å². The molecule has 0 aromatic heterocycles. The first-order valence-electron chi connectivity index (χ1n) is 8.48. The molecule has 1 atom stereocenters. The number of esters is 1. The van der Waals surface area contributed by atoms with Crippen molar-refractivity contribution in [1.82, 2.24) is 0 Å². The first-order valence-corrected chi connectivity index (χ1v) is 8.86. The van der Waals surface area contributed by atoms with E-state index in [1.807, 2.05) is 31.2 Å². The number of nitrogens with one attached hydrogen (secondary N) is 1. The van der Waals surface area contributed by atoms with Crippen molar-refractivity contribution in [3.8, 4) is 5.75 Å². The Kier molecular flexibility index (Phi) is 7.04. The molecule has 0 saturated heterocycles. The summed E-state index contributed by atoms with van der Waals surface area (Å²) in [7, 11) is 0. The molecular weight excluding hydrogens is 354 g/mol. The second-order valence-electron chi connectivity index (χ2n) is 5.63. The molecule has 0 bridgehead atoms. The third-order valence-corrected chi connectivity index (χ3v) is 4.09. The predicted octanol–water partition coefficient (Wildman–Crippen LogP) is 4.49. The lowest BCUT2D eigenvalue weighted by Crippen LogP contribution is -2.30. The van der Waals surface area contributed by atoms with E-state index in [2.05, 4.69) is 5.32 Å². The molecule has 0 aliphatic heterocycles. The highest BCUT2D eigenvalue weighted by Crippen LogP contribution is 2.23. The molecule has 2 aromatic carbocycles. The number of amides is 1. The molecule has 0 saturated carbocycles. The standard InChI is InChI=1S/C20H22ClNO4/c1-4-14-8-6-7-9-18(14)26-13(3)19(23)22-15-10-11-17(21)16(12-15)20(24)25-5-2/h6-13H,4-5H2,1-3H3,(H,22,23)/t13-/m1/s1. The first kappa shape index (κ1) is 19.8. The number of para-hydroxylation sites is 1. The van der Waals surface area contributed by atoms with Gasteiger partial charge in [-0.05, 0) is 50.1 Å². The number of hydrogen-bond acceptors (Lipinski definition) is 4. The van der Waals surface area contributed by atoms with Crippen LogP contribution >= 0.6 is 11.6 Å². The number of rotatable bonds is 7. The topological polar surface area (TPSA) is 64.6 Å². The van der Waals surface area contributed by atoms with E-state index in [1.165, 1.54) is 6.07 Å². The molecule has 0 radical (unpaired) electrons. The molecule has 0 aliphatic rings. The van der Waals surface area contributed by atoms with Crippen LogP contribution in [0.5, 0.6) is 5.75 Å². The number of hydrogen-bond donors (Lipinski definition) is 1. The highest BCUT2D eigenvalue weighted by Gasteiger charge is 2.18. The Morgan fingerprint density at radius 2 is 1.88 bits per heavy atom. The predicted molar refractivity (Wildman–Crippen MR) is 102 cm³/mol. The number of benzene rings is 2. The molecule has 5 nitrogen and oxygen atoms in total. The zero-order valence-electron chi connectivity index (χ0n) is 15.0. The maximum absolute atomic E-state index is 12.4. The normalized spacial score (nSPS) is 11.5. The van der Waals surface area contributed by atoms with Crippen LogP contribution in [0, 0.1) is 0 Å². The van der Waals surface area contributed by atoms with E-state index in [9.17, 15) is 9.59 Å². The van der Waals surface area contributed by atoms with Crippen molar-refractivity contribution in [3.63, 3.8) is 0 Å². The number of carbonyl (C=O) groups excluding carboxylic acids is 2. The van der Waals surface area contributed by atoms with Crippen molar-refractivity contribution in [3.05, 3.63) is 58.6 Å². The molecule has 0 unspecified atom stereocenters. The Morgan fingerprint density at radius 3 is 2.58 bits per heavy atom. The van der Waals surface area contributed by atoms with Gasteiger partial charge in [0.1, 0.15) is 5.75 Å². The second kappa shape index (κ2) is 9.25. The van der Waals surface area contributed by atoms with Gasteiger partial charge in [0.25, 0.3) is 5.91 Å². The Hall–Kier alpha value is -2.53.